The van der Waals surface area contributed by atoms with Gasteiger partial charge in [0.15, 0.2) is 0 Å². The van der Waals surface area contributed by atoms with Crippen LogP contribution in [0.4, 0.5) is 17.1 Å². The van der Waals surface area contributed by atoms with Crippen molar-refractivity contribution in [3.05, 3.63) is 212 Å². The summed E-state index contributed by atoms with van der Waals surface area (Å²) in [6.07, 6.45) is 0. The number of thiophene rings is 2. The second-order valence-electron chi connectivity index (χ2n) is 14.5. The van der Waals surface area contributed by atoms with E-state index in [-0.39, 0.29) is 0 Å². The van der Waals surface area contributed by atoms with Crippen molar-refractivity contribution in [2.75, 3.05) is 4.90 Å². The molecule has 11 aromatic rings. The van der Waals surface area contributed by atoms with E-state index in [1.165, 1.54) is 90.5 Å². The van der Waals surface area contributed by atoms with Crippen LogP contribution in [-0.2, 0) is 0 Å². The molecule has 0 bridgehead atoms. The van der Waals surface area contributed by atoms with E-state index in [1.54, 1.807) is 0 Å². The van der Waals surface area contributed by atoms with E-state index in [0.29, 0.717) is 0 Å². The summed E-state index contributed by atoms with van der Waals surface area (Å²) in [7, 11) is 0. The number of rotatable bonds is 7. The number of nitrogens with zero attached hydrogens (tertiary/aromatic N) is 1. The Bertz CT molecular complexity index is 3230. The lowest BCUT2D eigenvalue weighted by Gasteiger charge is -2.28. The summed E-state index contributed by atoms with van der Waals surface area (Å²) >= 11 is 3.73. The zero-order valence-corrected chi connectivity index (χ0v) is 32.6. The molecule has 3 heteroatoms. The van der Waals surface area contributed by atoms with Crippen molar-refractivity contribution in [3.8, 4) is 44.5 Å². The molecule has 0 amide bonds. The molecule has 2 heterocycles. The minimum atomic E-state index is 1.11. The first kappa shape index (κ1) is 33.5. The maximum Gasteiger partial charge on any atom is 0.0640 e. The van der Waals surface area contributed by atoms with Crippen molar-refractivity contribution in [2.45, 2.75) is 0 Å². The van der Waals surface area contributed by atoms with Gasteiger partial charge in [-0.1, -0.05) is 152 Å². The quantitative estimate of drug-likeness (QED) is 0.156. The van der Waals surface area contributed by atoms with Gasteiger partial charge in [-0.2, -0.15) is 0 Å². The third-order valence-electron chi connectivity index (χ3n) is 11.1. The molecule has 0 fully saturated rings. The molecule has 0 radical (unpaired) electrons. The van der Waals surface area contributed by atoms with Crippen LogP contribution in [0.3, 0.4) is 0 Å². The first-order valence-electron chi connectivity index (χ1n) is 19.3. The zero-order chi connectivity index (χ0) is 37.7. The molecule has 57 heavy (non-hydrogen) atoms. The maximum atomic E-state index is 2.47. The standard InChI is InChI=1S/C54H35NS2/c1-3-14-36(15-4-1)40-32-41(39-28-31-53-49(35-39)47-21-10-11-24-51(47)56-53)34-43(33-40)55(50-23-13-22-48-46-20-9-12-25-52(46)57-54(48)50)42-29-26-38(27-30-42)45-19-8-7-18-44(45)37-16-5-2-6-17-37/h1-35H. The largest absolute Gasteiger partial charge is 0.309 e. The van der Waals surface area contributed by atoms with Crippen molar-refractivity contribution in [2.24, 2.45) is 0 Å². The van der Waals surface area contributed by atoms with Crippen LogP contribution in [0.15, 0.2) is 212 Å². The van der Waals surface area contributed by atoms with Crippen LogP contribution in [0.1, 0.15) is 0 Å². The minimum Gasteiger partial charge on any atom is -0.309 e. The number of anilines is 3. The van der Waals surface area contributed by atoms with Gasteiger partial charge in [-0.05, 0) is 105 Å². The fraction of sp³-hybridized carbons (Fsp3) is 0. The summed E-state index contributed by atoms with van der Waals surface area (Å²) in [5, 5.41) is 5.19. The second-order valence-corrected chi connectivity index (χ2v) is 16.6. The highest BCUT2D eigenvalue weighted by Crippen LogP contribution is 2.47. The summed E-state index contributed by atoms with van der Waals surface area (Å²) in [6, 6.07) is 77.7. The van der Waals surface area contributed by atoms with Crippen molar-refractivity contribution < 1.29 is 0 Å². The average molecular weight is 762 g/mol. The van der Waals surface area contributed by atoms with Gasteiger partial charge in [0.25, 0.3) is 0 Å². The summed E-state index contributed by atoms with van der Waals surface area (Å²) < 4.78 is 5.20. The minimum absolute atomic E-state index is 1.11. The highest BCUT2D eigenvalue weighted by Gasteiger charge is 2.21. The zero-order valence-electron chi connectivity index (χ0n) is 31.0. The smallest absolute Gasteiger partial charge is 0.0640 e. The molecule has 11 rings (SSSR count). The molecule has 0 spiro atoms. The van der Waals surface area contributed by atoms with E-state index in [4.69, 9.17) is 0 Å². The molecule has 0 aliphatic carbocycles. The lowest BCUT2D eigenvalue weighted by molar-refractivity contribution is 1.30. The molecule has 0 atom stereocenters. The lowest BCUT2D eigenvalue weighted by atomic mass is 9.94. The predicted octanol–water partition coefficient (Wildman–Crippen LogP) is 16.6. The third kappa shape index (κ3) is 6.00. The van der Waals surface area contributed by atoms with E-state index in [0.717, 1.165) is 11.4 Å². The predicted molar refractivity (Wildman–Crippen MR) is 249 cm³/mol. The molecule has 0 unspecified atom stereocenters. The molecule has 0 N–H and O–H groups in total. The molecule has 0 saturated heterocycles. The van der Waals surface area contributed by atoms with Gasteiger partial charge in [0.2, 0.25) is 0 Å². The average Bonchev–Trinajstić information content (AvgIpc) is 3.86. The Morgan fingerprint density at radius 1 is 0.281 bits per heavy atom. The molecule has 0 aliphatic heterocycles. The summed E-state index contributed by atoms with van der Waals surface area (Å²) in [4.78, 5) is 2.47. The van der Waals surface area contributed by atoms with E-state index < -0.39 is 0 Å². The Hall–Kier alpha value is -6.78. The molecule has 0 saturated carbocycles. The Labute approximate surface area is 340 Å². The number of hydrogen-bond donors (Lipinski definition) is 0. The van der Waals surface area contributed by atoms with Gasteiger partial charge in [0.05, 0.1) is 10.4 Å². The van der Waals surface area contributed by atoms with Crippen LogP contribution in [0, 0.1) is 0 Å². The van der Waals surface area contributed by atoms with Crippen molar-refractivity contribution in [1.82, 2.24) is 0 Å². The van der Waals surface area contributed by atoms with Crippen LogP contribution in [-0.4, -0.2) is 0 Å². The fourth-order valence-electron chi connectivity index (χ4n) is 8.34. The SMILES string of the molecule is c1ccc(-c2cc(-c3ccc4sc5ccccc5c4c3)cc(N(c3ccc(-c4ccccc4-c4ccccc4)cc3)c3cccc4c3sc3ccccc34)c2)cc1. The first-order chi connectivity index (χ1) is 28.2. The van der Waals surface area contributed by atoms with Gasteiger partial charge in [-0.3, -0.25) is 0 Å². The van der Waals surface area contributed by atoms with Crippen LogP contribution >= 0.6 is 22.7 Å². The van der Waals surface area contributed by atoms with Crippen LogP contribution in [0.25, 0.3) is 84.9 Å². The molecule has 268 valence electrons. The highest BCUT2D eigenvalue weighted by molar-refractivity contribution is 7.26. The van der Waals surface area contributed by atoms with Gasteiger partial charge >= 0.3 is 0 Å². The number of hydrogen-bond acceptors (Lipinski definition) is 3. The summed E-state index contributed by atoms with van der Waals surface area (Å²) in [6.45, 7) is 0. The van der Waals surface area contributed by atoms with Crippen molar-refractivity contribution in [1.29, 1.82) is 0 Å². The Balaban J connectivity index is 1.13. The van der Waals surface area contributed by atoms with Crippen molar-refractivity contribution in [3.63, 3.8) is 0 Å². The van der Waals surface area contributed by atoms with E-state index in [2.05, 4.69) is 217 Å². The molecule has 1 nitrogen and oxygen atoms in total. The Morgan fingerprint density at radius 3 is 1.53 bits per heavy atom. The van der Waals surface area contributed by atoms with Crippen LogP contribution < -0.4 is 4.90 Å². The van der Waals surface area contributed by atoms with Crippen LogP contribution in [0.5, 0.6) is 0 Å². The summed E-state index contributed by atoms with van der Waals surface area (Å²) in [5.74, 6) is 0. The van der Waals surface area contributed by atoms with E-state index in [9.17, 15) is 0 Å². The van der Waals surface area contributed by atoms with Gasteiger partial charge in [-0.25, -0.2) is 0 Å². The molecule has 9 aromatic carbocycles. The van der Waals surface area contributed by atoms with Crippen molar-refractivity contribution >= 4 is 80.1 Å². The monoisotopic (exact) mass is 761 g/mol. The van der Waals surface area contributed by atoms with Gasteiger partial charge < -0.3 is 4.90 Å². The number of benzene rings is 9. The molecular weight excluding hydrogens is 727 g/mol. The second kappa shape index (κ2) is 14.1. The molecular formula is C54H35NS2. The third-order valence-corrected chi connectivity index (χ3v) is 13.4. The van der Waals surface area contributed by atoms with Crippen LogP contribution in [0.2, 0.25) is 0 Å². The Morgan fingerprint density at radius 2 is 0.807 bits per heavy atom. The molecule has 2 aromatic heterocycles. The number of fused-ring (bicyclic) bond motifs is 6. The Kier molecular flexibility index (Phi) is 8.28. The van der Waals surface area contributed by atoms with Gasteiger partial charge in [-0.15, -0.1) is 22.7 Å². The normalized spacial score (nSPS) is 11.5. The first-order valence-corrected chi connectivity index (χ1v) is 21.0. The van der Waals surface area contributed by atoms with Gasteiger partial charge in [0.1, 0.15) is 0 Å². The summed E-state index contributed by atoms with van der Waals surface area (Å²) in [5.41, 5.74) is 13.0. The topological polar surface area (TPSA) is 3.24 Å². The molecule has 0 aliphatic rings. The maximum absolute atomic E-state index is 2.47. The van der Waals surface area contributed by atoms with E-state index >= 15 is 0 Å². The lowest BCUT2D eigenvalue weighted by Crippen LogP contribution is -2.10. The van der Waals surface area contributed by atoms with Gasteiger partial charge in [0, 0.05) is 47.0 Å². The fourth-order valence-corrected chi connectivity index (χ4v) is 10.6. The van der Waals surface area contributed by atoms with E-state index in [1.807, 2.05) is 22.7 Å². The highest BCUT2D eigenvalue weighted by atomic mass is 32.1.